The number of benzene rings is 1. The second-order valence-electron chi connectivity index (χ2n) is 3.12. The SMILES string of the molecule is O=C([O-])/C=C/C(=O)[O-].O=[PH](O)C(O)c1ccccc1.[Fe+2]. The van der Waals surface area contributed by atoms with E-state index in [4.69, 9.17) is 10.00 Å². The van der Waals surface area contributed by atoms with Gasteiger partial charge in [0.25, 0.3) is 0 Å². The van der Waals surface area contributed by atoms with E-state index in [2.05, 4.69) is 0 Å². The van der Waals surface area contributed by atoms with Gasteiger partial charge in [0.05, 0.1) is 11.9 Å². The molecule has 0 heterocycles. The van der Waals surface area contributed by atoms with Gasteiger partial charge in [0, 0.05) is 0 Å². The summed E-state index contributed by atoms with van der Waals surface area (Å²) in [5.74, 6) is -4.32. The van der Waals surface area contributed by atoms with Gasteiger partial charge in [0.15, 0.2) is 5.85 Å². The minimum Gasteiger partial charge on any atom is -0.545 e. The average molecular weight is 342 g/mol. The first kappa shape index (κ1) is 20.9. The largest absolute Gasteiger partial charge is 2.00 e. The number of carbonyl (C=O) groups is 2. The average Bonchev–Trinajstić information content (AvgIpc) is 2.37. The van der Waals surface area contributed by atoms with E-state index in [9.17, 15) is 24.4 Å². The summed E-state index contributed by atoms with van der Waals surface area (Å²) in [4.78, 5) is 27.4. The monoisotopic (exact) mass is 342 g/mol. The summed E-state index contributed by atoms with van der Waals surface area (Å²) >= 11 is 0. The Morgan fingerprint density at radius 3 is 1.80 bits per heavy atom. The number of aliphatic hydroxyl groups is 1. The molecule has 2 unspecified atom stereocenters. The summed E-state index contributed by atoms with van der Waals surface area (Å²) < 4.78 is 10.4. The van der Waals surface area contributed by atoms with Crippen LogP contribution >= 0.6 is 8.03 Å². The van der Waals surface area contributed by atoms with E-state index in [0.717, 1.165) is 0 Å². The van der Waals surface area contributed by atoms with Crippen molar-refractivity contribution in [2.75, 3.05) is 0 Å². The van der Waals surface area contributed by atoms with Crippen molar-refractivity contribution in [1.82, 2.24) is 0 Å². The Labute approximate surface area is 125 Å². The Bertz CT molecular complexity index is 459. The molecule has 110 valence electrons. The van der Waals surface area contributed by atoms with E-state index >= 15 is 0 Å². The topological polar surface area (TPSA) is 138 Å². The number of rotatable bonds is 4. The Hall–Kier alpha value is -1.43. The molecule has 2 atom stereocenters. The number of aliphatic hydroxyl groups excluding tert-OH is 1. The maximum absolute atomic E-state index is 10.4. The molecule has 1 aromatic carbocycles. The zero-order chi connectivity index (χ0) is 14.8. The fourth-order valence-electron chi connectivity index (χ4n) is 0.914. The van der Waals surface area contributed by atoms with Crippen LogP contribution < -0.4 is 10.2 Å². The fourth-order valence-corrected chi connectivity index (χ4v) is 1.39. The number of carbonyl (C=O) groups excluding carboxylic acids is 2. The zero-order valence-electron chi connectivity index (χ0n) is 9.91. The van der Waals surface area contributed by atoms with Crippen LogP contribution in [0.1, 0.15) is 11.4 Å². The van der Waals surface area contributed by atoms with Crippen LogP contribution in [0.25, 0.3) is 0 Å². The van der Waals surface area contributed by atoms with Gasteiger partial charge in [-0.1, -0.05) is 30.3 Å². The molecule has 0 spiro atoms. The van der Waals surface area contributed by atoms with Gasteiger partial charge >= 0.3 is 17.1 Å². The number of carboxylic acids is 2. The molecule has 7 nitrogen and oxygen atoms in total. The number of hydrogen-bond acceptors (Lipinski definition) is 6. The van der Waals surface area contributed by atoms with Crippen LogP contribution in [-0.2, 0) is 31.2 Å². The van der Waals surface area contributed by atoms with Crippen molar-refractivity contribution in [1.29, 1.82) is 0 Å². The van der Waals surface area contributed by atoms with Gasteiger partial charge in [0.2, 0.25) is 8.03 Å². The minimum atomic E-state index is -2.86. The normalized spacial score (nSPS) is 12.5. The summed E-state index contributed by atoms with van der Waals surface area (Å²) in [6.07, 6.45) is 0.769. The first-order valence-corrected chi connectivity index (χ1v) is 6.33. The maximum Gasteiger partial charge on any atom is 2.00 e. The summed E-state index contributed by atoms with van der Waals surface area (Å²) in [7, 11) is -2.86. The molecule has 0 radical (unpaired) electrons. The summed E-state index contributed by atoms with van der Waals surface area (Å²) in [5.41, 5.74) is 0.485. The number of aliphatic carboxylic acids is 2. The molecular weight excluding hydrogens is 331 g/mol. The molecule has 0 fully saturated rings. The minimum absolute atomic E-state index is 0. The van der Waals surface area contributed by atoms with E-state index in [1.165, 1.54) is 0 Å². The maximum atomic E-state index is 10.4. The smallest absolute Gasteiger partial charge is 0.545 e. The van der Waals surface area contributed by atoms with Crippen LogP contribution in [0.15, 0.2) is 42.5 Å². The quantitative estimate of drug-likeness (QED) is 0.373. The van der Waals surface area contributed by atoms with Gasteiger partial charge in [0.1, 0.15) is 0 Å². The van der Waals surface area contributed by atoms with E-state index in [1.54, 1.807) is 30.3 Å². The predicted molar refractivity (Wildman–Crippen MR) is 61.8 cm³/mol. The predicted octanol–water partition coefficient (Wildman–Crippen LogP) is -1.82. The van der Waals surface area contributed by atoms with Gasteiger partial charge in [-0.25, -0.2) is 0 Å². The Morgan fingerprint density at radius 2 is 1.50 bits per heavy atom. The Morgan fingerprint density at radius 1 is 1.10 bits per heavy atom. The van der Waals surface area contributed by atoms with Crippen molar-refractivity contribution in [3.8, 4) is 0 Å². The second-order valence-corrected chi connectivity index (χ2v) is 4.35. The molecule has 0 aliphatic rings. The van der Waals surface area contributed by atoms with E-state index < -0.39 is 25.8 Å². The molecule has 0 aliphatic carbocycles. The third-order valence-electron chi connectivity index (χ3n) is 1.70. The first-order chi connectivity index (χ1) is 8.84. The van der Waals surface area contributed by atoms with Crippen LogP contribution in [0.5, 0.6) is 0 Å². The van der Waals surface area contributed by atoms with Crippen LogP contribution in [0, 0.1) is 0 Å². The van der Waals surface area contributed by atoms with E-state index in [0.29, 0.717) is 17.7 Å². The van der Waals surface area contributed by atoms with Gasteiger partial charge in [-0.05, 0) is 17.7 Å². The van der Waals surface area contributed by atoms with Gasteiger partial charge in [-0.15, -0.1) is 0 Å². The van der Waals surface area contributed by atoms with Crippen molar-refractivity contribution in [3.63, 3.8) is 0 Å². The van der Waals surface area contributed by atoms with Gasteiger partial charge in [-0.2, -0.15) is 0 Å². The second kappa shape index (κ2) is 11.4. The molecule has 9 heteroatoms. The van der Waals surface area contributed by atoms with Crippen LogP contribution in [0.2, 0.25) is 0 Å². The molecule has 1 rings (SSSR count). The summed E-state index contributed by atoms with van der Waals surface area (Å²) in [6, 6.07) is 8.43. The van der Waals surface area contributed by atoms with Gasteiger partial charge < -0.3 is 29.8 Å². The molecular formula is C11H11FeO7P. The van der Waals surface area contributed by atoms with Crippen LogP contribution in [0.4, 0.5) is 0 Å². The molecule has 20 heavy (non-hydrogen) atoms. The van der Waals surface area contributed by atoms with Crippen molar-refractivity contribution in [2.45, 2.75) is 5.85 Å². The molecule has 0 aliphatic heterocycles. The molecule has 0 saturated carbocycles. The number of hydrogen-bond donors (Lipinski definition) is 2. The first-order valence-electron chi connectivity index (χ1n) is 4.90. The van der Waals surface area contributed by atoms with Crippen molar-refractivity contribution in [2.24, 2.45) is 0 Å². The summed E-state index contributed by atoms with van der Waals surface area (Å²) in [6.45, 7) is 0. The summed E-state index contributed by atoms with van der Waals surface area (Å²) in [5, 5.41) is 27.9. The standard InChI is InChI=1S/C7H9O3P.C4H4O4.Fe/c8-7(11(9)10)6-4-2-1-3-5-6;5-3(6)1-2-4(7)8;/h1-5,7-8,11H,(H,9,10);1-2H,(H,5,6)(H,7,8);/q;;+2/p-2/b;2-1+;. The van der Waals surface area contributed by atoms with Crippen molar-refractivity contribution < 1.29 is 51.4 Å². The molecule has 1 aromatic rings. The number of carboxylic acid groups (broad SMARTS) is 2. The van der Waals surface area contributed by atoms with Crippen molar-refractivity contribution >= 4 is 20.0 Å². The molecule has 0 aromatic heterocycles. The van der Waals surface area contributed by atoms with E-state index in [-0.39, 0.29) is 17.1 Å². The molecule has 0 saturated heterocycles. The molecule has 2 N–H and O–H groups in total. The van der Waals surface area contributed by atoms with Gasteiger partial charge in [-0.3, -0.25) is 4.57 Å². The Kier molecular flexibility index (Phi) is 11.9. The van der Waals surface area contributed by atoms with Crippen LogP contribution in [0.3, 0.4) is 0 Å². The van der Waals surface area contributed by atoms with Crippen molar-refractivity contribution in [3.05, 3.63) is 48.0 Å². The fraction of sp³-hybridized carbons (Fsp3) is 0.0909. The molecule has 0 amide bonds. The Balaban J connectivity index is 0. The zero-order valence-corrected chi connectivity index (χ0v) is 12.0. The van der Waals surface area contributed by atoms with E-state index in [1.807, 2.05) is 0 Å². The third-order valence-corrected chi connectivity index (χ3v) is 2.51. The third kappa shape index (κ3) is 10.5. The molecule has 0 bridgehead atoms. The van der Waals surface area contributed by atoms with Crippen LogP contribution in [-0.4, -0.2) is 21.9 Å².